The maximum absolute atomic E-state index is 4.15. The molecule has 19 heavy (non-hydrogen) atoms. The van der Waals surface area contributed by atoms with Crippen molar-refractivity contribution in [2.24, 2.45) is 10.2 Å². The summed E-state index contributed by atoms with van der Waals surface area (Å²) in [5.74, 6) is 0.572. The lowest BCUT2D eigenvalue weighted by atomic mass is 10.3. The zero-order valence-corrected chi connectivity index (χ0v) is 12.0. The lowest BCUT2D eigenvalue weighted by Gasteiger charge is -2.12. The highest BCUT2D eigenvalue weighted by Gasteiger charge is 1.97. The van der Waals surface area contributed by atoms with E-state index < -0.39 is 0 Å². The topological polar surface area (TPSA) is 43.2 Å². The van der Waals surface area contributed by atoms with Gasteiger partial charge in [-0.1, -0.05) is 6.58 Å². The van der Waals surface area contributed by atoms with Crippen LogP contribution in [0.5, 0.6) is 0 Å². The molecule has 5 heteroatoms. The molecule has 0 saturated carbocycles. The third-order valence-corrected chi connectivity index (χ3v) is 2.52. The van der Waals surface area contributed by atoms with Gasteiger partial charge in [0.2, 0.25) is 0 Å². The lowest BCUT2D eigenvalue weighted by Crippen LogP contribution is -2.08. The van der Waals surface area contributed by atoms with Gasteiger partial charge in [-0.15, -0.1) is 10.2 Å². The van der Waals surface area contributed by atoms with E-state index in [0.717, 1.165) is 11.4 Å². The van der Waals surface area contributed by atoms with Crippen LogP contribution in [0.25, 0.3) is 0 Å². The fourth-order valence-electron chi connectivity index (χ4n) is 1.28. The average Bonchev–Trinajstić information content (AvgIpc) is 2.42. The standard InChI is InChI=1S/C14H21N5/c1-12(19(5)11-10-15-2)16-17-13-6-8-14(9-7-13)18(3)4/h6-11,15H,1H2,2-5H3. The molecule has 0 aliphatic heterocycles. The first kappa shape index (κ1) is 14.8. The van der Waals surface area contributed by atoms with Gasteiger partial charge in [0.05, 0.1) is 5.69 Å². The largest absolute Gasteiger partial charge is 0.393 e. The first-order valence-corrected chi connectivity index (χ1v) is 5.99. The van der Waals surface area contributed by atoms with Crippen LogP contribution in [0.1, 0.15) is 0 Å². The van der Waals surface area contributed by atoms with Gasteiger partial charge in [-0.2, -0.15) is 0 Å². The molecule has 5 nitrogen and oxygen atoms in total. The van der Waals surface area contributed by atoms with Gasteiger partial charge in [-0.05, 0) is 24.3 Å². The SMILES string of the molecule is C=C(N=Nc1ccc(N(C)C)cc1)N(C)C=CNC. The minimum absolute atomic E-state index is 0.572. The minimum Gasteiger partial charge on any atom is -0.393 e. The highest BCUT2D eigenvalue weighted by atomic mass is 15.3. The van der Waals surface area contributed by atoms with Gasteiger partial charge in [0.25, 0.3) is 0 Å². The smallest absolute Gasteiger partial charge is 0.147 e. The van der Waals surface area contributed by atoms with E-state index in [4.69, 9.17) is 0 Å². The van der Waals surface area contributed by atoms with E-state index in [-0.39, 0.29) is 0 Å². The second-order valence-electron chi connectivity index (χ2n) is 4.24. The van der Waals surface area contributed by atoms with E-state index >= 15 is 0 Å². The van der Waals surface area contributed by atoms with Crippen LogP contribution in [0.4, 0.5) is 11.4 Å². The van der Waals surface area contributed by atoms with Gasteiger partial charge < -0.3 is 15.1 Å². The predicted octanol–water partition coefficient (Wildman–Crippen LogP) is 2.93. The number of hydrogen-bond donors (Lipinski definition) is 1. The summed E-state index contributed by atoms with van der Waals surface area (Å²) in [6.07, 6.45) is 3.63. The summed E-state index contributed by atoms with van der Waals surface area (Å²) in [7, 11) is 7.70. The number of rotatable bonds is 6. The summed E-state index contributed by atoms with van der Waals surface area (Å²) in [4.78, 5) is 3.82. The average molecular weight is 259 g/mol. The summed E-state index contributed by atoms with van der Waals surface area (Å²) < 4.78 is 0. The van der Waals surface area contributed by atoms with E-state index in [0.29, 0.717) is 5.82 Å². The van der Waals surface area contributed by atoms with Crippen LogP contribution in [0.3, 0.4) is 0 Å². The Labute approximate surface area is 114 Å². The van der Waals surface area contributed by atoms with Crippen molar-refractivity contribution in [2.75, 3.05) is 33.1 Å². The Balaban J connectivity index is 2.65. The molecule has 0 aromatic heterocycles. The predicted molar refractivity (Wildman–Crippen MR) is 80.4 cm³/mol. The number of nitrogens with one attached hydrogen (secondary N) is 1. The van der Waals surface area contributed by atoms with Crippen molar-refractivity contribution < 1.29 is 0 Å². The summed E-state index contributed by atoms with van der Waals surface area (Å²) in [6, 6.07) is 7.86. The molecule has 0 spiro atoms. The van der Waals surface area contributed by atoms with E-state index in [9.17, 15) is 0 Å². The van der Waals surface area contributed by atoms with E-state index in [1.807, 2.05) is 63.6 Å². The molecule has 0 amide bonds. The number of anilines is 1. The minimum atomic E-state index is 0.572. The summed E-state index contributed by atoms with van der Waals surface area (Å²) in [6.45, 7) is 3.85. The van der Waals surface area contributed by atoms with Crippen LogP contribution >= 0.6 is 0 Å². The number of azo groups is 1. The van der Waals surface area contributed by atoms with Crippen molar-refractivity contribution in [1.82, 2.24) is 10.2 Å². The van der Waals surface area contributed by atoms with Crippen LogP contribution in [0.2, 0.25) is 0 Å². The Bertz CT molecular complexity index is 459. The number of nitrogens with zero attached hydrogens (tertiary/aromatic N) is 4. The van der Waals surface area contributed by atoms with Crippen LogP contribution in [-0.4, -0.2) is 33.1 Å². The first-order chi connectivity index (χ1) is 9.04. The van der Waals surface area contributed by atoms with Crippen LogP contribution in [-0.2, 0) is 0 Å². The molecule has 0 heterocycles. The Kier molecular flexibility index (Phi) is 5.60. The van der Waals surface area contributed by atoms with Crippen molar-refractivity contribution >= 4 is 11.4 Å². The van der Waals surface area contributed by atoms with Gasteiger partial charge in [-0.3, -0.25) is 0 Å². The normalized spacial score (nSPS) is 10.9. The Morgan fingerprint density at radius 3 is 2.37 bits per heavy atom. The lowest BCUT2D eigenvalue weighted by molar-refractivity contribution is 0.553. The maximum Gasteiger partial charge on any atom is 0.147 e. The Hall–Kier alpha value is -2.30. The fourth-order valence-corrected chi connectivity index (χ4v) is 1.28. The van der Waals surface area contributed by atoms with Gasteiger partial charge in [0.1, 0.15) is 5.82 Å². The highest BCUT2D eigenvalue weighted by molar-refractivity contribution is 5.51. The molecule has 1 aromatic carbocycles. The van der Waals surface area contributed by atoms with Gasteiger partial charge in [0.15, 0.2) is 0 Å². The zero-order valence-electron chi connectivity index (χ0n) is 12.0. The second kappa shape index (κ2) is 7.20. The molecule has 0 atom stereocenters. The quantitative estimate of drug-likeness (QED) is 0.799. The molecular formula is C14H21N5. The number of hydrogen-bond acceptors (Lipinski definition) is 5. The van der Waals surface area contributed by atoms with Gasteiger partial charge in [0, 0.05) is 46.3 Å². The molecule has 0 saturated heterocycles. The molecule has 0 aliphatic carbocycles. The highest BCUT2D eigenvalue weighted by Crippen LogP contribution is 2.19. The second-order valence-corrected chi connectivity index (χ2v) is 4.24. The van der Waals surface area contributed by atoms with E-state index in [2.05, 4.69) is 22.1 Å². The number of benzene rings is 1. The summed E-state index contributed by atoms with van der Waals surface area (Å²) in [5, 5.41) is 11.1. The molecule has 0 unspecified atom stereocenters. The van der Waals surface area contributed by atoms with Gasteiger partial charge >= 0.3 is 0 Å². The Morgan fingerprint density at radius 1 is 1.21 bits per heavy atom. The molecular weight excluding hydrogens is 238 g/mol. The molecule has 1 aromatic rings. The van der Waals surface area contributed by atoms with Crippen molar-refractivity contribution in [3.05, 3.63) is 49.1 Å². The molecule has 1 N–H and O–H groups in total. The third kappa shape index (κ3) is 4.83. The summed E-state index contributed by atoms with van der Waals surface area (Å²) >= 11 is 0. The van der Waals surface area contributed by atoms with Crippen molar-refractivity contribution in [3.8, 4) is 0 Å². The van der Waals surface area contributed by atoms with E-state index in [1.54, 1.807) is 11.1 Å². The fraction of sp³-hybridized carbons (Fsp3) is 0.286. The van der Waals surface area contributed by atoms with Crippen molar-refractivity contribution in [2.45, 2.75) is 0 Å². The molecule has 0 fully saturated rings. The first-order valence-electron chi connectivity index (χ1n) is 5.99. The molecule has 102 valence electrons. The molecule has 0 aliphatic rings. The van der Waals surface area contributed by atoms with E-state index in [1.165, 1.54) is 0 Å². The van der Waals surface area contributed by atoms with Crippen molar-refractivity contribution in [1.29, 1.82) is 0 Å². The van der Waals surface area contributed by atoms with Crippen molar-refractivity contribution in [3.63, 3.8) is 0 Å². The van der Waals surface area contributed by atoms with Crippen LogP contribution < -0.4 is 10.2 Å². The summed E-state index contributed by atoms with van der Waals surface area (Å²) in [5.41, 5.74) is 1.93. The van der Waals surface area contributed by atoms with Crippen LogP contribution in [0.15, 0.2) is 59.3 Å². The maximum atomic E-state index is 4.15. The van der Waals surface area contributed by atoms with Gasteiger partial charge in [-0.25, -0.2) is 0 Å². The zero-order chi connectivity index (χ0) is 14.3. The molecule has 0 radical (unpaired) electrons. The Morgan fingerprint density at radius 2 is 1.84 bits per heavy atom. The van der Waals surface area contributed by atoms with Crippen LogP contribution in [0, 0.1) is 0 Å². The monoisotopic (exact) mass is 259 g/mol. The third-order valence-electron chi connectivity index (χ3n) is 2.52. The molecule has 0 bridgehead atoms. The molecule has 1 rings (SSSR count).